The van der Waals surface area contributed by atoms with Crippen molar-refractivity contribution in [3.63, 3.8) is 0 Å². The molecule has 12 heavy (non-hydrogen) atoms. The summed E-state index contributed by atoms with van der Waals surface area (Å²) in [7, 11) is 0. The SMILES string of the molecule is NC(=O)C[C@H](N)c1ccsc1Br. The van der Waals surface area contributed by atoms with E-state index in [1.54, 1.807) is 11.3 Å². The number of halogens is 1. The molecule has 1 aromatic rings. The Morgan fingerprint density at radius 3 is 2.83 bits per heavy atom. The van der Waals surface area contributed by atoms with Crippen molar-refractivity contribution < 1.29 is 4.79 Å². The normalized spacial score (nSPS) is 12.8. The molecule has 1 rings (SSSR count). The second-order valence-electron chi connectivity index (χ2n) is 2.43. The molecule has 1 amide bonds. The van der Waals surface area contributed by atoms with Crippen LogP contribution in [0.4, 0.5) is 0 Å². The van der Waals surface area contributed by atoms with E-state index in [-0.39, 0.29) is 18.4 Å². The van der Waals surface area contributed by atoms with Gasteiger partial charge in [0.15, 0.2) is 0 Å². The van der Waals surface area contributed by atoms with Gasteiger partial charge >= 0.3 is 0 Å². The van der Waals surface area contributed by atoms with E-state index in [2.05, 4.69) is 15.9 Å². The van der Waals surface area contributed by atoms with Gasteiger partial charge in [-0.1, -0.05) is 0 Å². The molecular weight excluding hydrogens is 240 g/mol. The average Bonchev–Trinajstić information content (AvgIpc) is 2.33. The minimum absolute atomic E-state index is 0.190. The quantitative estimate of drug-likeness (QED) is 0.849. The van der Waals surface area contributed by atoms with E-state index in [1.807, 2.05) is 11.4 Å². The van der Waals surface area contributed by atoms with Gasteiger partial charge in [-0.3, -0.25) is 4.79 Å². The van der Waals surface area contributed by atoms with E-state index >= 15 is 0 Å². The van der Waals surface area contributed by atoms with Gasteiger partial charge in [0.25, 0.3) is 0 Å². The Hall–Kier alpha value is -0.390. The van der Waals surface area contributed by atoms with Crippen molar-refractivity contribution in [2.45, 2.75) is 12.5 Å². The molecule has 1 atom stereocenters. The molecule has 0 fully saturated rings. The molecule has 0 bridgehead atoms. The first-order valence-corrected chi connectivity index (χ1v) is 5.05. The zero-order chi connectivity index (χ0) is 9.14. The number of thiophene rings is 1. The van der Waals surface area contributed by atoms with Crippen molar-refractivity contribution in [3.8, 4) is 0 Å². The third-order valence-electron chi connectivity index (χ3n) is 1.47. The maximum atomic E-state index is 10.5. The van der Waals surface area contributed by atoms with Crippen LogP contribution in [0.2, 0.25) is 0 Å². The maximum Gasteiger partial charge on any atom is 0.219 e. The summed E-state index contributed by atoms with van der Waals surface area (Å²) in [6, 6.07) is 1.60. The first kappa shape index (κ1) is 9.70. The Labute approximate surface area is 82.9 Å². The lowest BCUT2D eigenvalue weighted by Gasteiger charge is -2.07. The Balaban J connectivity index is 2.71. The molecule has 0 aromatic carbocycles. The number of rotatable bonds is 3. The number of carbonyl (C=O) groups excluding carboxylic acids is 1. The Morgan fingerprint density at radius 2 is 2.42 bits per heavy atom. The highest BCUT2D eigenvalue weighted by Gasteiger charge is 2.12. The smallest absolute Gasteiger partial charge is 0.219 e. The van der Waals surface area contributed by atoms with Crippen LogP contribution in [0.5, 0.6) is 0 Å². The Morgan fingerprint density at radius 1 is 1.75 bits per heavy atom. The van der Waals surface area contributed by atoms with Crippen LogP contribution in [0, 0.1) is 0 Å². The van der Waals surface area contributed by atoms with Gasteiger partial charge in [-0.2, -0.15) is 0 Å². The van der Waals surface area contributed by atoms with Crippen LogP contribution in [-0.4, -0.2) is 5.91 Å². The van der Waals surface area contributed by atoms with Crippen molar-refractivity contribution in [1.29, 1.82) is 0 Å². The van der Waals surface area contributed by atoms with Gasteiger partial charge in [0, 0.05) is 12.5 Å². The van der Waals surface area contributed by atoms with E-state index < -0.39 is 0 Å². The van der Waals surface area contributed by atoms with Gasteiger partial charge in [0.1, 0.15) is 0 Å². The summed E-state index contributed by atoms with van der Waals surface area (Å²) in [5.74, 6) is -0.374. The number of nitrogens with two attached hydrogens (primary N) is 2. The highest BCUT2D eigenvalue weighted by molar-refractivity contribution is 9.11. The molecule has 0 spiro atoms. The van der Waals surface area contributed by atoms with Crippen LogP contribution in [0.15, 0.2) is 15.2 Å². The maximum absolute atomic E-state index is 10.5. The predicted molar refractivity (Wildman–Crippen MR) is 52.8 cm³/mol. The highest BCUT2D eigenvalue weighted by Crippen LogP contribution is 2.28. The second kappa shape index (κ2) is 4.02. The number of primary amides is 1. The standard InChI is InChI=1S/C7H9BrN2OS/c8-7-4(1-2-12-7)5(9)3-6(10)11/h1-2,5H,3,9H2,(H2,10,11)/t5-/m0/s1. The van der Waals surface area contributed by atoms with E-state index in [4.69, 9.17) is 11.5 Å². The molecule has 1 heterocycles. The van der Waals surface area contributed by atoms with Gasteiger partial charge in [-0.05, 0) is 32.9 Å². The van der Waals surface area contributed by atoms with Crippen molar-refractivity contribution >= 4 is 33.2 Å². The van der Waals surface area contributed by atoms with E-state index in [0.29, 0.717) is 0 Å². The fourth-order valence-electron chi connectivity index (χ4n) is 0.897. The van der Waals surface area contributed by atoms with Crippen LogP contribution < -0.4 is 11.5 Å². The summed E-state index contributed by atoms with van der Waals surface area (Å²) in [5, 5.41) is 1.92. The van der Waals surface area contributed by atoms with Crippen molar-refractivity contribution in [2.24, 2.45) is 11.5 Å². The zero-order valence-electron chi connectivity index (χ0n) is 6.29. The van der Waals surface area contributed by atoms with Gasteiger partial charge in [0.05, 0.1) is 3.79 Å². The van der Waals surface area contributed by atoms with E-state index in [1.165, 1.54) is 0 Å². The number of hydrogen-bond acceptors (Lipinski definition) is 3. The highest BCUT2D eigenvalue weighted by atomic mass is 79.9. The summed E-state index contributed by atoms with van der Waals surface area (Å²) in [6.45, 7) is 0. The molecule has 0 saturated carbocycles. The minimum atomic E-state index is -0.374. The molecular formula is C7H9BrN2OS. The lowest BCUT2D eigenvalue weighted by atomic mass is 10.1. The number of hydrogen-bond donors (Lipinski definition) is 2. The van der Waals surface area contributed by atoms with Crippen LogP contribution in [0.3, 0.4) is 0 Å². The van der Waals surface area contributed by atoms with Gasteiger partial charge in [-0.15, -0.1) is 11.3 Å². The van der Waals surface area contributed by atoms with Crippen molar-refractivity contribution in [3.05, 3.63) is 20.8 Å². The molecule has 1 aromatic heterocycles. The monoisotopic (exact) mass is 248 g/mol. The molecule has 4 N–H and O–H groups in total. The van der Waals surface area contributed by atoms with Crippen LogP contribution >= 0.6 is 27.3 Å². The fraction of sp³-hybridized carbons (Fsp3) is 0.286. The molecule has 0 unspecified atom stereocenters. The first-order valence-electron chi connectivity index (χ1n) is 3.38. The van der Waals surface area contributed by atoms with Gasteiger partial charge in [-0.25, -0.2) is 0 Å². The summed E-state index contributed by atoms with van der Waals surface area (Å²) in [5.41, 5.74) is 11.7. The van der Waals surface area contributed by atoms with Crippen LogP contribution in [-0.2, 0) is 4.79 Å². The molecule has 0 aliphatic heterocycles. The molecule has 3 nitrogen and oxygen atoms in total. The third kappa shape index (κ3) is 2.30. The lowest BCUT2D eigenvalue weighted by molar-refractivity contribution is -0.118. The molecule has 66 valence electrons. The first-order chi connectivity index (χ1) is 5.61. The van der Waals surface area contributed by atoms with Crippen molar-refractivity contribution in [2.75, 3.05) is 0 Å². The minimum Gasteiger partial charge on any atom is -0.370 e. The second-order valence-corrected chi connectivity index (χ2v) is 4.66. The molecule has 0 aliphatic carbocycles. The Bertz CT molecular complexity index is 287. The van der Waals surface area contributed by atoms with E-state index in [0.717, 1.165) is 9.35 Å². The number of amides is 1. The molecule has 0 radical (unpaired) electrons. The van der Waals surface area contributed by atoms with Crippen LogP contribution in [0.25, 0.3) is 0 Å². The molecule has 0 aliphatic rings. The largest absolute Gasteiger partial charge is 0.370 e. The van der Waals surface area contributed by atoms with Crippen molar-refractivity contribution in [1.82, 2.24) is 0 Å². The third-order valence-corrected chi connectivity index (χ3v) is 3.20. The molecule has 0 saturated heterocycles. The zero-order valence-corrected chi connectivity index (χ0v) is 8.69. The lowest BCUT2D eigenvalue weighted by Crippen LogP contribution is -2.20. The molecule has 5 heteroatoms. The summed E-state index contributed by atoms with van der Waals surface area (Å²) in [6.07, 6.45) is 0.190. The summed E-state index contributed by atoms with van der Waals surface area (Å²) in [4.78, 5) is 10.5. The summed E-state index contributed by atoms with van der Waals surface area (Å²) < 4.78 is 0.969. The van der Waals surface area contributed by atoms with Gasteiger partial charge in [0.2, 0.25) is 5.91 Å². The van der Waals surface area contributed by atoms with Crippen LogP contribution in [0.1, 0.15) is 18.0 Å². The van der Waals surface area contributed by atoms with Gasteiger partial charge < -0.3 is 11.5 Å². The Kier molecular flexibility index (Phi) is 3.25. The summed E-state index contributed by atoms with van der Waals surface area (Å²) >= 11 is 4.89. The fourth-order valence-corrected chi connectivity index (χ4v) is 2.34. The van der Waals surface area contributed by atoms with E-state index in [9.17, 15) is 4.79 Å². The number of carbonyl (C=O) groups is 1. The average molecular weight is 249 g/mol. The topological polar surface area (TPSA) is 69.1 Å². The predicted octanol–water partition coefficient (Wildman–Crippen LogP) is 1.39.